The predicted octanol–water partition coefficient (Wildman–Crippen LogP) is 9.19. The molecular weight excluding hydrogens is 396 g/mol. The highest BCUT2D eigenvalue weighted by Crippen LogP contribution is 2.46. The van der Waals surface area contributed by atoms with Crippen molar-refractivity contribution >= 4 is 0 Å². The van der Waals surface area contributed by atoms with Crippen LogP contribution in [0.2, 0.25) is 0 Å². The van der Waals surface area contributed by atoms with E-state index in [1.807, 2.05) is 0 Å². The monoisotopic (exact) mass is 430 g/mol. The average Bonchev–Trinajstić information content (AvgIpc) is 3.16. The lowest BCUT2D eigenvalue weighted by molar-refractivity contribution is 0.590. The Hall–Kier alpha value is -3.12. The van der Waals surface area contributed by atoms with Crippen molar-refractivity contribution in [3.8, 4) is 33.4 Å². The standard InChI is InChI=1S/C33H34/c1-32(2,3)25-15-11-22(12-16-25)28-19-20-29-27-10-8-7-9-24(27)21-30(29)31(28)23-13-17-26(18-14-23)33(4,5)6/h7-20H,21H2,1-6H3. The summed E-state index contributed by atoms with van der Waals surface area (Å²) in [5.41, 5.74) is 14.0. The van der Waals surface area contributed by atoms with Crippen molar-refractivity contribution in [3.05, 3.63) is 107 Å². The third kappa shape index (κ3) is 3.93. The normalized spacial score (nSPS) is 13.0. The third-order valence-corrected chi connectivity index (χ3v) is 7.09. The smallest absolute Gasteiger partial charge is 0.000706 e. The molecule has 0 bridgehead atoms. The lowest BCUT2D eigenvalue weighted by atomic mass is 9.83. The summed E-state index contributed by atoms with van der Waals surface area (Å²) in [5, 5.41) is 0. The Bertz CT molecular complexity index is 1300. The summed E-state index contributed by atoms with van der Waals surface area (Å²) in [6.07, 6.45) is 0.996. The second-order valence-corrected chi connectivity index (χ2v) is 11.5. The van der Waals surface area contributed by atoms with Gasteiger partial charge >= 0.3 is 0 Å². The molecule has 0 aliphatic heterocycles. The Morgan fingerprint density at radius 2 is 1.00 bits per heavy atom. The van der Waals surface area contributed by atoms with Gasteiger partial charge in [0.2, 0.25) is 0 Å². The highest BCUT2D eigenvalue weighted by Gasteiger charge is 2.25. The minimum Gasteiger partial charge on any atom is -0.0619 e. The molecule has 166 valence electrons. The number of hydrogen-bond donors (Lipinski definition) is 0. The molecule has 0 unspecified atom stereocenters. The van der Waals surface area contributed by atoms with E-state index in [1.165, 1.54) is 55.6 Å². The summed E-state index contributed by atoms with van der Waals surface area (Å²) in [4.78, 5) is 0. The predicted molar refractivity (Wildman–Crippen MR) is 143 cm³/mol. The van der Waals surface area contributed by atoms with Crippen molar-refractivity contribution < 1.29 is 0 Å². The maximum Gasteiger partial charge on any atom is -0.000706 e. The fraction of sp³-hybridized carbons (Fsp3) is 0.273. The summed E-state index contributed by atoms with van der Waals surface area (Å²) >= 11 is 0. The van der Waals surface area contributed by atoms with E-state index in [0.29, 0.717) is 0 Å². The second kappa shape index (κ2) is 7.73. The molecule has 5 rings (SSSR count). The summed E-state index contributed by atoms with van der Waals surface area (Å²) in [5.74, 6) is 0. The first-order chi connectivity index (χ1) is 15.6. The van der Waals surface area contributed by atoms with Gasteiger partial charge < -0.3 is 0 Å². The molecule has 0 saturated heterocycles. The molecule has 0 amide bonds. The maximum absolute atomic E-state index is 2.33. The van der Waals surface area contributed by atoms with Crippen LogP contribution < -0.4 is 0 Å². The van der Waals surface area contributed by atoms with Crippen LogP contribution in [0.15, 0.2) is 84.9 Å². The van der Waals surface area contributed by atoms with E-state index < -0.39 is 0 Å². The zero-order valence-corrected chi connectivity index (χ0v) is 20.8. The van der Waals surface area contributed by atoms with E-state index in [-0.39, 0.29) is 10.8 Å². The van der Waals surface area contributed by atoms with Gasteiger partial charge in [-0.15, -0.1) is 0 Å². The van der Waals surface area contributed by atoms with Crippen molar-refractivity contribution in [3.63, 3.8) is 0 Å². The molecule has 0 fully saturated rings. The van der Waals surface area contributed by atoms with E-state index >= 15 is 0 Å². The quantitative estimate of drug-likeness (QED) is 0.262. The van der Waals surface area contributed by atoms with Crippen LogP contribution in [-0.2, 0) is 17.3 Å². The number of rotatable bonds is 2. The van der Waals surface area contributed by atoms with Gasteiger partial charge in [-0.1, -0.05) is 126 Å². The van der Waals surface area contributed by atoms with E-state index in [9.17, 15) is 0 Å². The summed E-state index contributed by atoms with van der Waals surface area (Å²) < 4.78 is 0. The summed E-state index contributed by atoms with van der Waals surface area (Å²) in [7, 11) is 0. The molecule has 4 aromatic rings. The highest BCUT2D eigenvalue weighted by atomic mass is 14.3. The van der Waals surface area contributed by atoms with Crippen LogP contribution in [0.3, 0.4) is 0 Å². The lowest BCUT2D eigenvalue weighted by Crippen LogP contribution is -2.10. The van der Waals surface area contributed by atoms with Gasteiger partial charge in [-0.05, 0) is 72.9 Å². The van der Waals surface area contributed by atoms with Gasteiger partial charge in [-0.2, -0.15) is 0 Å². The topological polar surface area (TPSA) is 0 Å². The van der Waals surface area contributed by atoms with Gasteiger partial charge in [0.15, 0.2) is 0 Å². The number of fused-ring (bicyclic) bond motifs is 3. The van der Waals surface area contributed by atoms with Crippen molar-refractivity contribution in [2.24, 2.45) is 0 Å². The zero-order chi connectivity index (χ0) is 23.4. The molecule has 4 aromatic carbocycles. The Morgan fingerprint density at radius 3 is 1.58 bits per heavy atom. The molecule has 0 aromatic heterocycles. The minimum atomic E-state index is 0.152. The average molecular weight is 431 g/mol. The van der Waals surface area contributed by atoms with Crippen LogP contribution in [-0.4, -0.2) is 0 Å². The first-order valence-corrected chi connectivity index (χ1v) is 12.1. The fourth-order valence-corrected chi connectivity index (χ4v) is 5.07. The molecule has 0 radical (unpaired) electrons. The molecule has 0 atom stereocenters. The van der Waals surface area contributed by atoms with Crippen LogP contribution in [0.5, 0.6) is 0 Å². The largest absolute Gasteiger partial charge is 0.0619 e. The Balaban J connectivity index is 1.70. The fourth-order valence-electron chi connectivity index (χ4n) is 5.07. The molecule has 0 N–H and O–H groups in total. The van der Waals surface area contributed by atoms with Gasteiger partial charge in [0.1, 0.15) is 0 Å². The van der Waals surface area contributed by atoms with E-state index in [2.05, 4.69) is 126 Å². The summed E-state index contributed by atoms with van der Waals surface area (Å²) in [6.45, 7) is 13.7. The van der Waals surface area contributed by atoms with Gasteiger partial charge in [0, 0.05) is 0 Å². The SMILES string of the molecule is CC(C)(C)c1ccc(-c2ccc3c(c2-c2ccc(C(C)(C)C)cc2)Cc2ccccc2-3)cc1. The first kappa shape index (κ1) is 21.7. The molecule has 0 saturated carbocycles. The summed E-state index contributed by atoms with van der Waals surface area (Å²) in [6, 6.07) is 32.0. The van der Waals surface area contributed by atoms with E-state index in [1.54, 1.807) is 0 Å². The Labute approximate surface area is 199 Å². The van der Waals surface area contributed by atoms with Crippen LogP contribution in [0, 0.1) is 0 Å². The molecule has 0 heterocycles. The van der Waals surface area contributed by atoms with Crippen LogP contribution in [0.25, 0.3) is 33.4 Å². The van der Waals surface area contributed by atoms with Gasteiger partial charge in [0.25, 0.3) is 0 Å². The highest BCUT2D eigenvalue weighted by molar-refractivity contribution is 5.93. The second-order valence-electron chi connectivity index (χ2n) is 11.5. The van der Waals surface area contributed by atoms with Crippen LogP contribution in [0.4, 0.5) is 0 Å². The number of hydrogen-bond acceptors (Lipinski definition) is 0. The molecule has 33 heavy (non-hydrogen) atoms. The molecule has 1 aliphatic rings. The van der Waals surface area contributed by atoms with E-state index in [0.717, 1.165) is 6.42 Å². The molecule has 0 nitrogen and oxygen atoms in total. The zero-order valence-electron chi connectivity index (χ0n) is 20.8. The van der Waals surface area contributed by atoms with E-state index in [4.69, 9.17) is 0 Å². The van der Waals surface area contributed by atoms with Gasteiger partial charge in [0.05, 0.1) is 0 Å². The molecule has 0 spiro atoms. The Kier molecular flexibility index (Phi) is 5.09. The third-order valence-electron chi connectivity index (χ3n) is 7.09. The number of benzene rings is 4. The maximum atomic E-state index is 2.33. The Morgan fingerprint density at radius 1 is 0.485 bits per heavy atom. The first-order valence-electron chi connectivity index (χ1n) is 12.1. The van der Waals surface area contributed by atoms with Crippen LogP contribution >= 0.6 is 0 Å². The van der Waals surface area contributed by atoms with Gasteiger partial charge in [-0.25, -0.2) is 0 Å². The van der Waals surface area contributed by atoms with Crippen LogP contribution in [0.1, 0.15) is 63.8 Å². The van der Waals surface area contributed by atoms with Crippen molar-refractivity contribution in [1.82, 2.24) is 0 Å². The van der Waals surface area contributed by atoms with Crippen molar-refractivity contribution in [2.75, 3.05) is 0 Å². The van der Waals surface area contributed by atoms with Crippen molar-refractivity contribution in [2.45, 2.75) is 58.8 Å². The lowest BCUT2D eigenvalue weighted by Gasteiger charge is -2.22. The molecular formula is C33H34. The minimum absolute atomic E-state index is 0.152. The van der Waals surface area contributed by atoms with Gasteiger partial charge in [-0.3, -0.25) is 0 Å². The van der Waals surface area contributed by atoms with Crippen molar-refractivity contribution in [1.29, 1.82) is 0 Å². The molecule has 1 aliphatic carbocycles. The molecule has 0 heteroatoms.